The zero-order valence-corrected chi connectivity index (χ0v) is 17.1. The molecule has 3 heteroatoms. The lowest BCUT2D eigenvalue weighted by atomic mass is 10.0. The molecule has 2 N–H and O–H groups in total. The Morgan fingerprint density at radius 2 is 1.79 bits per heavy atom. The molecular formula is C25H31N3. The Morgan fingerprint density at radius 3 is 2.50 bits per heavy atom. The van der Waals surface area contributed by atoms with Gasteiger partial charge in [0.05, 0.1) is 11.2 Å². The van der Waals surface area contributed by atoms with Gasteiger partial charge in [-0.1, -0.05) is 43.3 Å². The molecule has 146 valence electrons. The quantitative estimate of drug-likeness (QED) is 0.491. The first kappa shape index (κ1) is 18.9. The monoisotopic (exact) mass is 373 g/mol. The van der Waals surface area contributed by atoms with E-state index < -0.39 is 0 Å². The molecule has 0 bridgehead atoms. The van der Waals surface area contributed by atoms with Crippen LogP contribution in [0.15, 0.2) is 48.5 Å². The molecule has 1 heterocycles. The molecule has 0 radical (unpaired) electrons. The van der Waals surface area contributed by atoms with Gasteiger partial charge in [0.25, 0.3) is 0 Å². The summed E-state index contributed by atoms with van der Waals surface area (Å²) in [4.78, 5) is 5.01. The Labute approximate surface area is 168 Å². The summed E-state index contributed by atoms with van der Waals surface area (Å²) in [7, 11) is 2.01. The van der Waals surface area contributed by atoms with Crippen LogP contribution in [-0.2, 0) is 12.8 Å². The van der Waals surface area contributed by atoms with Gasteiger partial charge in [0.1, 0.15) is 0 Å². The van der Waals surface area contributed by atoms with Crippen molar-refractivity contribution >= 4 is 16.6 Å². The van der Waals surface area contributed by atoms with Crippen LogP contribution in [-0.4, -0.2) is 25.1 Å². The molecule has 1 saturated carbocycles. The van der Waals surface area contributed by atoms with Gasteiger partial charge in [-0.2, -0.15) is 0 Å². The van der Waals surface area contributed by atoms with Crippen molar-refractivity contribution in [2.24, 2.45) is 5.92 Å². The summed E-state index contributed by atoms with van der Waals surface area (Å²) in [5.74, 6) is 0.846. The SMILES string of the molecule is CCc1ccc2c(NCC3CC3)cc(-c3ccc(CCCNC)cc3)nc2c1. The van der Waals surface area contributed by atoms with Crippen LogP contribution in [0.3, 0.4) is 0 Å². The number of hydrogen-bond donors (Lipinski definition) is 2. The molecule has 0 aliphatic heterocycles. The molecule has 1 aliphatic carbocycles. The molecule has 0 saturated heterocycles. The van der Waals surface area contributed by atoms with E-state index in [4.69, 9.17) is 4.98 Å². The van der Waals surface area contributed by atoms with E-state index in [-0.39, 0.29) is 0 Å². The molecule has 3 nitrogen and oxygen atoms in total. The van der Waals surface area contributed by atoms with Crippen molar-refractivity contribution in [1.82, 2.24) is 10.3 Å². The predicted octanol–water partition coefficient (Wildman–Crippen LogP) is 5.44. The Hall–Kier alpha value is -2.39. The third-order valence-corrected chi connectivity index (χ3v) is 5.70. The lowest BCUT2D eigenvalue weighted by Gasteiger charge is -2.13. The van der Waals surface area contributed by atoms with Crippen molar-refractivity contribution in [1.29, 1.82) is 0 Å². The number of anilines is 1. The van der Waals surface area contributed by atoms with Gasteiger partial charge in [0.2, 0.25) is 0 Å². The van der Waals surface area contributed by atoms with Gasteiger partial charge in [0, 0.05) is 23.2 Å². The van der Waals surface area contributed by atoms with Crippen LogP contribution in [0.25, 0.3) is 22.2 Å². The lowest BCUT2D eigenvalue weighted by molar-refractivity contribution is 0.725. The van der Waals surface area contributed by atoms with E-state index in [1.54, 1.807) is 0 Å². The van der Waals surface area contributed by atoms with Gasteiger partial charge in [-0.3, -0.25) is 0 Å². The fourth-order valence-electron chi connectivity index (χ4n) is 3.68. The second-order valence-corrected chi connectivity index (χ2v) is 7.99. The Balaban J connectivity index is 1.64. The third-order valence-electron chi connectivity index (χ3n) is 5.70. The van der Waals surface area contributed by atoms with Crippen molar-refractivity contribution in [3.63, 3.8) is 0 Å². The third kappa shape index (κ3) is 4.53. The summed E-state index contributed by atoms with van der Waals surface area (Å²) in [5, 5.41) is 8.14. The second-order valence-electron chi connectivity index (χ2n) is 7.99. The minimum absolute atomic E-state index is 0.846. The number of aryl methyl sites for hydroxylation is 2. The molecule has 0 amide bonds. The largest absolute Gasteiger partial charge is 0.384 e. The van der Waals surface area contributed by atoms with Gasteiger partial charge >= 0.3 is 0 Å². The molecule has 28 heavy (non-hydrogen) atoms. The average Bonchev–Trinajstić information content (AvgIpc) is 3.56. The van der Waals surface area contributed by atoms with Gasteiger partial charge in [-0.25, -0.2) is 4.98 Å². The highest BCUT2D eigenvalue weighted by atomic mass is 14.9. The highest BCUT2D eigenvalue weighted by Crippen LogP contribution is 2.33. The van der Waals surface area contributed by atoms with E-state index >= 15 is 0 Å². The Morgan fingerprint density at radius 1 is 1.00 bits per heavy atom. The Kier molecular flexibility index (Phi) is 5.92. The molecule has 1 aromatic heterocycles. The van der Waals surface area contributed by atoms with Crippen LogP contribution in [0.1, 0.15) is 37.3 Å². The number of nitrogens with zero attached hydrogens (tertiary/aromatic N) is 1. The maximum atomic E-state index is 5.01. The summed E-state index contributed by atoms with van der Waals surface area (Å²) in [6.45, 7) is 4.33. The second kappa shape index (κ2) is 8.74. The summed E-state index contributed by atoms with van der Waals surface area (Å²) in [5.41, 5.74) is 7.28. The highest BCUT2D eigenvalue weighted by Gasteiger charge is 2.21. The fourth-order valence-corrected chi connectivity index (χ4v) is 3.68. The normalized spacial score (nSPS) is 13.8. The van der Waals surface area contributed by atoms with Crippen molar-refractivity contribution in [3.05, 3.63) is 59.7 Å². The molecule has 0 spiro atoms. The van der Waals surface area contributed by atoms with Crippen LogP contribution in [0.4, 0.5) is 5.69 Å². The Bertz CT molecular complexity index is 926. The van der Waals surface area contributed by atoms with Gasteiger partial charge in [0.15, 0.2) is 0 Å². The van der Waals surface area contributed by atoms with E-state index in [2.05, 4.69) is 66.1 Å². The topological polar surface area (TPSA) is 37.0 Å². The van der Waals surface area contributed by atoms with Crippen molar-refractivity contribution in [3.8, 4) is 11.3 Å². The van der Waals surface area contributed by atoms with Crippen LogP contribution in [0.5, 0.6) is 0 Å². The number of aromatic nitrogens is 1. The lowest BCUT2D eigenvalue weighted by Crippen LogP contribution is -2.08. The molecular weight excluding hydrogens is 342 g/mol. The maximum absolute atomic E-state index is 5.01. The molecule has 3 aromatic rings. The average molecular weight is 374 g/mol. The van der Waals surface area contributed by atoms with Crippen LogP contribution < -0.4 is 10.6 Å². The molecule has 1 fully saturated rings. The number of nitrogens with one attached hydrogen (secondary N) is 2. The number of pyridine rings is 1. The van der Waals surface area contributed by atoms with Crippen LogP contribution in [0.2, 0.25) is 0 Å². The number of benzene rings is 2. The maximum Gasteiger partial charge on any atom is 0.0733 e. The molecule has 1 aliphatic rings. The van der Waals surface area contributed by atoms with Crippen molar-refractivity contribution in [2.75, 3.05) is 25.5 Å². The van der Waals surface area contributed by atoms with E-state index in [9.17, 15) is 0 Å². The van der Waals surface area contributed by atoms with Gasteiger partial charge in [-0.15, -0.1) is 0 Å². The molecule has 0 unspecified atom stereocenters. The van der Waals surface area contributed by atoms with Gasteiger partial charge < -0.3 is 10.6 Å². The fraction of sp³-hybridized carbons (Fsp3) is 0.400. The van der Waals surface area contributed by atoms with Crippen molar-refractivity contribution < 1.29 is 0 Å². The highest BCUT2D eigenvalue weighted by molar-refractivity contribution is 5.94. The summed E-state index contributed by atoms with van der Waals surface area (Å²) in [6.07, 6.45) is 6.03. The van der Waals surface area contributed by atoms with Crippen LogP contribution in [0, 0.1) is 5.92 Å². The summed E-state index contributed by atoms with van der Waals surface area (Å²) < 4.78 is 0. The summed E-state index contributed by atoms with van der Waals surface area (Å²) >= 11 is 0. The van der Waals surface area contributed by atoms with Crippen LogP contribution >= 0.6 is 0 Å². The van der Waals surface area contributed by atoms with Crippen molar-refractivity contribution in [2.45, 2.75) is 39.0 Å². The number of rotatable bonds is 9. The first-order valence-corrected chi connectivity index (χ1v) is 10.7. The van der Waals surface area contributed by atoms with E-state index in [1.807, 2.05) is 7.05 Å². The predicted molar refractivity (Wildman–Crippen MR) is 120 cm³/mol. The minimum Gasteiger partial charge on any atom is -0.384 e. The zero-order chi connectivity index (χ0) is 19.3. The first-order valence-electron chi connectivity index (χ1n) is 10.7. The standard InChI is InChI=1S/C25H31N3/c1-3-18-10-13-22-24(27-17-20-6-7-20)16-23(28-25(22)15-18)21-11-8-19(9-12-21)5-4-14-26-2/h8-13,15-16,20,26H,3-7,14,17H2,1-2H3,(H,27,28). The van der Waals surface area contributed by atoms with E-state index in [0.717, 1.165) is 43.1 Å². The number of fused-ring (bicyclic) bond motifs is 1. The number of hydrogen-bond acceptors (Lipinski definition) is 3. The van der Waals surface area contributed by atoms with E-state index in [0.29, 0.717) is 0 Å². The first-order chi connectivity index (χ1) is 13.8. The molecule has 2 aromatic carbocycles. The molecule has 4 rings (SSSR count). The zero-order valence-electron chi connectivity index (χ0n) is 17.1. The molecule has 0 atom stereocenters. The minimum atomic E-state index is 0.846. The van der Waals surface area contributed by atoms with Gasteiger partial charge in [-0.05, 0) is 74.9 Å². The smallest absolute Gasteiger partial charge is 0.0733 e. The summed E-state index contributed by atoms with van der Waals surface area (Å²) in [6, 6.07) is 17.9. The van der Waals surface area contributed by atoms with E-state index in [1.165, 1.54) is 47.0 Å².